The van der Waals surface area contributed by atoms with E-state index >= 15 is 0 Å². The summed E-state index contributed by atoms with van der Waals surface area (Å²) in [4.78, 5) is 43.9. The van der Waals surface area contributed by atoms with Crippen LogP contribution in [-0.4, -0.2) is 55.3 Å². The van der Waals surface area contributed by atoms with E-state index in [0.717, 1.165) is 11.1 Å². The summed E-state index contributed by atoms with van der Waals surface area (Å²) < 4.78 is 18.8. The third kappa shape index (κ3) is 7.69. The molecule has 1 N–H and O–H groups in total. The van der Waals surface area contributed by atoms with Crippen LogP contribution in [0.25, 0.3) is 21.8 Å². The number of hydrogen-bond acceptors (Lipinski definition) is 11. The first-order chi connectivity index (χ1) is 24.7. The molecule has 256 valence electrons. The van der Waals surface area contributed by atoms with Crippen molar-refractivity contribution in [3.05, 3.63) is 119 Å². The topological polar surface area (TPSA) is 182 Å². The molecule has 0 aliphatic rings. The van der Waals surface area contributed by atoms with E-state index in [0.29, 0.717) is 34.9 Å². The maximum absolute atomic E-state index is 12.3. The van der Waals surface area contributed by atoms with Crippen molar-refractivity contribution < 1.29 is 33.7 Å². The molecule has 0 spiro atoms. The quantitative estimate of drug-likeness (QED) is 0.179. The highest BCUT2D eigenvalue weighted by molar-refractivity contribution is 6.02. The van der Waals surface area contributed by atoms with E-state index in [2.05, 4.69) is 9.97 Å². The molecule has 51 heavy (non-hydrogen) atoms. The Kier molecular flexibility index (Phi) is 11.0. The number of pyridine rings is 2. The average molecular weight is 685 g/mol. The molecule has 0 aliphatic carbocycles. The summed E-state index contributed by atoms with van der Waals surface area (Å²) in [6.07, 6.45) is 3.52. The summed E-state index contributed by atoms with van der Waals surface area (Å²) in [5, 5.41) is 30.2. The molecule has 0 unspecified atom stereocenters. The van der Waals surface area contributed by atoms with Gasteiger partial charge < -0.3 is 28.5 Å². The van der Waals surface area contributed by atoms with E-state index < -0.39 is 17.9 Å². The minimum absolute atomic E-state index is 0.00163. The molecule has 6 aromatic rings. The van der Waals surface area contributed by atoms with Crippen LogP contribution in [0, 0.1) is 22.7 Å². The Balaban J connectivity index is 0.000000199. The maximum Gasteiger partial charge on any atom is 0.360 e. The highest BCUT2D eigenvalue weighted by Gasteiger charge is 2.26. The number of esters is 3. The summed E-state index contributed by atoms with van der Waals surface area (Å²) in [6.45, 7) is 5.88. The van der Waals surface area contributed by atoms with Crippen molar-refractivity contribution in [1.29, 1.82) is 10.5 Å². The van der Waals surface area contributed by atoms with Gasteiger partial charge in [-0.3, -0.25) is 4.79 Å². The van der Waals surface area contributed by atoms with Gasteiger partial charge in [0.2, 0.25) is 0 Å². The van der Waals surface area contributed by atoms with E-state index in [-0.39, 0.29) is 47.5 Å². The molecule has 13 nitrogen and oxygen atoms in total. The van der Waals surface area contributed by atoms with Gasteiger partial charge >= 0.3 is 17.9 Å². The molecule has 0 saturated heterocycles. The van der Waals surface area contributed by atoms with Gasteiger partial charge in [0, 0.05) is 43.2 Å². The first-order valence-corrected chi connectivity index (χ1v) is 15.9. The molecule has 0 saturated carbocycles. The summed E-state index contributed by atoms with van der Waals surface area (Å²) in [6, 6.07) is 26.8. The monoisotopic (exact) mass is 684 g/mol. The Hall–Kier alpha value is -6.99. The smallest absolute Gasteiger partial charge is 0.360 e. The van der Waals surface area contributed by atoms with Gasteiger partial charge in [-0.05, 0) is 37.1 Å². The molecule has 4 aromatic heterocycles. The van der Waals surface area contributed by atoms with E-state index in [1.54, 1.807) is 38.4 Å². The van der Waals surface area contributed by atoms with E-state index in [9.17, 15) is 30.0 Å². The molecular formula is C38H32N6O7. The Bertz CT molecular complexity index is 2320. The average Bonchev–Trinajstić information content (AvgIpc) is 3.75. The third-order valence-corrected chi connectivity index (χ3v) is 7.55. The van der Waals surface area contributed by atoms with Gasteiger partial charge in [-0.1, -0.05) is 60.7 Å². The number of aromatic hydroxyl groups is 1. The molecule has 0 atom stereocenters. The maximum atomic E-state index is 12.3. The number of aromatic nitrogens is 4. The predicted molar refractivity (Wildman–Crippen MR) is 185 cm³/mol. The molecule has 0 aliphatic heterocycles. The minimum atomic E-state index is -0.747. The fourth-order valence-corrected chi connectivity index (χ4v) is 5.44. The SMILES string of the molecule is CCOC(=O)c1nc(C#N)c2c(ccn2Cc2ccccc2)c1O.CCOC(=O)c1nc(C#N)c2c(ccn2Cc2ccccc2)c1OC(C)=O. The first kappa shape index (κ1) is 35.3. The van der Waals surface area contributed by atoms with Crippen molar-refractivity contribution in [2.45, 2.75) is 33.9 Å². The highest BCUT2D eigenvalue weighted by Crippen LogP contribution is 2.33. The second-order valence-electron chi connectivity index (χ2n) is 10.9. The number of carbonyl (C=O) groups excluding carboxylic acids is 3. The standard InChI is InChI=1S/C20H17N3O4.C18H15N3O3/c1-3-26-20(25)17-19(27-13(2)24)15-9-10-23(18(15)16(11-21)22-17)12-14-7-5-4-6-8-14;1-2-24-18(23)15-17(22)13-8-9-21(16(13)14(10-19)20-15)11-12-6-4-3-5-7-12/h4-10H,3,12H2,1-2H3;3-9,22H,2,11H2,1H3. The zero-order valence-electron chi connectivity index (χ0n) is 28.0. The third-order valence-electron chi connectivity index (χ3n) is 7.55. The van der Waals surface area contributed by atoms with Crippen LogP contribution >= 0.6 is 0 Å². The molecule has 0 bridgehead atoms. The molecule has 4 heterocycles. The Morgan fingerprint density at radius 2 is 1.16 bits per heavy atom. The van der Waals surface area contributed by atoms with Crippen molar-refractivity contribution in [2.75, 3.05) is 13.2 Å². The minimum Gasteiger partial charge on any atom is -0.505 e. The number of nitriles is 2. The van der Waals surface area contributed by atoms with Gasteiger partial charge in [0.15, 0.2) is 34.3 Å². The van der Waals surface area contributed by atoms with Crippen LogP contribution in [0.3, 0.4) is 0 Å². The van der Waals surface area contributed by atoms with Gasteiger partial charge in [-0.15, -0.1) is 0 Å². The lowest BCUT2D eigenvalue weighted by atomic mass is 10.2. The summed E-state index contributed by atoms with van der Waals surface area (Å²) >= 11 is 0. The Morgan fingerprint density at radius 1 is 0.706 bits per heavy atom. The number of hydrogen-bond donors (Lipinski definition) is 1. The molecular weight excluding hydrogens is 652 g/mol. The number of nitrogens with zero attached hydrogens (tertiary/aromatic N) is 6. The van der Waals surface area contributed by atoms with Crippen molar-refractivity contribution in [3.8, 4) is 23.6 Å². The van der Waals surface area contributed by atoms with Crippen LogP contribution in [-0.2, 0) is 27.4 Å². The predicted octanol–water partition coefficient (Wildman–Crippen LogP) is 5.90. The summed E-state index contributed by atoms with van der Waals surface area (Å²) in [5.74, 6) is -2.35. The zero-order valence-corrected chi connectivity index (χ0v) is 28.0. The molecule has 0 fully saturated rings. The van der Waals surface area contributed by atoms with Gasteiger partial charge in [0.05, 0.1) is 24.2 Å². The Labute approximate surface area is 292 Å². The highest BCUT2D eigenvalue weighted by atomic mass is 16.5. The van der Waals surface area contributed by atoms with Crippen LogP contribution < -0.4 is 4.74 Å². The largest absolute Gasteiger partial charge is 0.505 e. The summed E-state index contributed by atoms with van der Waals surface area (Å²) in [7, 11) is 0. The molecule has 2 aromatic carbocycles. The van der Waals surface area contributed by atoms with Crippen molar-refractivity contribution in [2.24, 2.45) is 0 Å². The van der Waals surface area contributed by atoms with Gasteiger partial charge in [-0.2, -0.15) is 10.5 Å². The van der Waals surface area contributed by atoms with Gasteiger partial charge in [0.25, 0.3) is 0 Å². The zero-order chi connectivity index (χ0) is 36.5. The van der Waals surface area contributed by atoms with E-state index in [1.165, 1.54) is 6.92 Å². The van der Waals surface area contributed by atoms with Crippen LogP contribution in [0.1, 0.15) is 64.3 Å². The van der Waals surface area contributed by atoms with E-state index in [4.69, 9.17) is 14.2 Å². The lowest BCUT2D eigenvalue weighted by molar-refractivity contribution is -0.131. The molecule has 0 radical (unpaired) electrons. The second-order valence-corrected chi connectivity index (χ2v) is 10.9. The number of fused-ring (bicyclic) bond motifs is 2. The van der Waals surface area contributed by atoms with Crippen molar-refractivity contribution in [3.63, 3.8) is 0 Å². The van der Waals surface area contributed by atoms with Gasteiger partial charge in [-0.25, -0.2) is 19.6 Å². The van der Waals surface area contributed by atoms with Gasteiger partial charge in [0.1, 0.15) is 12.1 Å². The Morgan fingerprint density at radius 3 is 1.63 bits per heavy atom. The number of rotatable bonds is 9. The second kappa shape index (κ2) is 15.9. The lowest BCUT2D eigenvalue weighted by Crippen LogP contribution is -2.14. The number of ether oxygens (including phenoxy) is 3. The van der Waals surface area contributed by atoms with Crippen LogP contribution in [0.15, 0.2) is 85.2 Å². The van der Waals surface area contributed by atoms with Crippen molar-refractivity contribution in [1.82, 2.24) is 19.1 Å². The fourth-order valence-electron chi connectivity index (χ4n) is 5.44. The van der Waals surface area contributed by atoms with E-state index in [1.807, 2.05) is 81.9 Å². The number of carbonyl (C=O) groups is 3. The number of benzene rings is 2. The molecule has 6 rings (SSSR count). The first-order valence-electron chi connectivity index (χ1n) is 15.9. The van der Waals surface area contributed by atoms with Crippen LogP contribution in [0.5, 0.6) is 11.5 Å². The molecule has 13 heteroatoms. The lowest BCUT2D eigenvalue weighted by Gasteiger charge is -2.12. The normalized spacial score (nSPS) is 10.5. The van der Waals surface area contributed by atoms with Crippen molar-refractivity contribution >= 4 is 39.7 Å². The summed E-state index contributed by atoms with van der Waals surface area (Å²) in [5.41, 5.74) is 2.77. The molecule has 0 amide bonds. The van der Waals surface area contributed by atoms with Crippen LogP contribution in [0.2, 0.25) is 0 Å². The van der Waals surface area contributed by atoms with Crippen LogP contribution in [0.4, 0.5) is 0 Å². The fraction of sp³-hybridized carbons (Fsp3) is 0.184.